The number of fused-ring (bicyclic) bond motifs is 1. The van der Waals surface area contributed by atoms with Crippen molar-refractivity contribution in [3.8, 4) is 11.5 Å². The van der Waals surface area contributed by atoms with Crippen LogP contribution in [0.3, 0.4) is 0 Å². The number of amides is 1. The number of hydrogen-bond acceptors (Lipinski definition) is 4. The van der Waals surface area contributed by atoms with Crippen molar-refractivity contribution in [1.82, 2.24) is 9.13 Å². The summed E-state index contributed by atoms with van der Waals surface area (Å²) in [6.07, 6.45) is 0.186. The summed E-state index contributed by atoms with van der Waals surface area (Å²) in [4.78, 5) is 25.0. The van der Waals surface area contributed by atoms with Gasteiger partial charge in [-0.15, -0.1) is 0 Å². The number of rotatable bonds is 7. The molecule has 0 spiro atoms. The largest absolute Gasteiger partial charge is 0.493 e. The lowest BCUT2D eigenvalue weighted by atomic mass is 10.2. The first-order chi connectivity index (χ1) is 13.1. The van der Waals surface area contributed by atoms with Gasteiger partial charge in [0.1, 0.15) is 0 Å². The van der Waals surface area contributed by atoms with Gasteiger partial charge in [-0.2, -0.15) is 0 Å². The van der Waals surface area contributed by atoms with Crippen molar-refractivity contribution in [2.75, 3.05) is 19.5 Å². The fourth-order valence-corrected chi connectivity index (χ4v) is 3.14. The lowest BCUT2D eigenvalue weighted by molar-refractivity contribution is -0.116. The standard InChI is InChI=1S/C20H23N3O4/c1-4-22-15-7-5-6-8-16(15)23(20(22)25)12-11-19(24)21-14-9-10-17(26-2)18(13-14)27-3/h5-10,13H,4,11-12H2,1-3H3,(H,21,24). The quantitative estimate of drug-likeness (QED) is 0.695. The van der Waals surface area contributed by atoms with Gasteiger partial charge in [0.2, 0.25) is 5.91 Å². The van der Waals surface area contributed by atoms with Crippen LogP contribution in [0, 0.1) is 0 Å². The third-order valence-corrected chi connectivity index (χ3v) is 4.47. The zero-order valence-electron chi connectivity index (χ0n) is 15.7. The van der Waals surface area contributed by atoms with E-state index in [1.165, 1.54) is 0 Å². The zero-order chi connectivity index (χ0) is 19.4. The number of anilines is 1. The average Bonchev–Trinajstić information content (AvgIpc) is 2.96. The average molecular weight is 369 g/mol. The van der Waals surface area contributed by atoms with Gasteiger partial charge in [-0.05, 0) is 31.2 Å². The number of nitrogens with one attached hydrogen (secondary N) is 1. The van der Waals surface area contributed by atoms with Gasteiger partial charge >= 0.3 is 5.69 Å². The molecule has 0 atom stereocenters. The predicted octanol–water partition coefficient (Wildman–Crippen LogP) is 2.87. The molecule has 0 aliphatic heterocycles. The number of aryl methyl sites for hydroxylation is 2. The summed E-state index contributed by atoms with van der Waals surface area (Å²) in [6, 6.07) is 12.8. The van der Waals surface area contributed by atoms with Gasteiger partial charge in [-0.1, -0.05) is 12.1 Å². The molecule has 1 N–H and O–H groups in total. The van der Waals surface area contributed by atoms with Crippen LogP contribution in [-0.2, 0) is 17.9 Å². The Balaban J connectivity index is 1.74. The van der Waals surface area contributed by atoms with Crippen molar-refractivity contribution >= 4 is 22.6 Å². The minimum absolute atomic E-state index is 0.0994. The Morgan fingerprint density at radius 3 is 2.30 bits per heavy atom. The van der Waals surface area contributed by atoms with Gasteiger partial charge in [0, 0.05) is 31.3 Å². The number of methoxy groups -OCH3 is 2. The third kappa shape index (κ3) is 3.67. The predicted molar refractivity (Wildman–Crippen MR) is 105 cm³/mol. The van der Waals surface area contributed by atoms with E-state index < -0.39 is 0 Å². The molecule has 0 aliphatic carbocycles. The Hall–Kier alpha value is -3.22. The Kier molecular flexibility index (Phi) is 5.49. The fraction of sp³-hybridized carbons (Fsp3) is 0.300. The molecule has 0 unspecified atom stereocenters. The molecule has 1 amide bonds. The second-order valence-electron chi connectivity index (χ2n) is 6.04. The number of para-hydroxylation sites is 2. The van der Waals surface area contributed by atoms with Gasteiger partial charge in [0.05, 0.1) is 25.3 Å². The van der Waals surface area contributed by atoms with E-state index >= 15 is 0 Å². The molecule has 3 rings (SSSR count). The van der Waals surface area contributed by atoms with E-state index in [0.29, 0.717) is 30.3 Å². The van der Waals surface area contributed by atoms with E-state index in [1.807, 2.05) is 31.2 Å². The molecule has 0 radical (unpaired) electrons. The first-order valence-corrected chi connectivity index (χ1v) is 8.79. The number of benzene rings is 2. The van der Waals surface area contributed by atoms with Gasteiger partial charge in [0.15, 0.2) is 11.5 Å². The van der Waals surface area contributed by atoms with Crippen LogP contribution < -0.4 is 20.5 Å². The molecule has 7 heteroatoms. The summed E-state index contributed by atoms with van der Waals surface area (Å²) in [5.74, 6) is 0.953. The summed E-state index contributed by atoms with van der Waals surface area (Å²) < 4.78 is 13.8. The molecule has 0 saturated heterocycles. The van der Waals surface area contributed by atoms with E-state index in [1.54, 1.807) is 41.6 Å². The first kappa shape index (κ1) is 18.6. The van der Waals surface area contributed by atoms with Crippen LogP contribution in [0.4, 0.5) is 5.69 Å². The fourth-order valence-electron chi connectivity index (χ4n) is 3.14. The minimum Gasteiger partial charge on any atom is -0.493 e. The maximum absolute atomic E-state index is 12.6. The van der Waals surface area contributed by atoms with Gasteiger partial charge in [0.25, 0.3) is 0 Å². The van der Waals surface area contributed by atoms with E-state index in [4.69, 9.17) is 9.47 Å². The molecular formula is C20H23N3O4. The number of ether oxygens (including phenoxy) is 2. The van der Waals surface area contributed by atoms with E-state index in [9.17, 15) is 9.59 Å². The Morgan fingerprint density at radius 1 is 1.00 bits per heavy atom. The number of carbonyl (C=O) groups is 1. The second kappa shape index (κ2) is 7.99. The van der Waals surface area contributed by atoms with Crippen LogP contribution in [0.15, 0.2) is 47.3 Å². The normalized spacial score (nSPS) is 10.8. The maximum atomic E-state index is 12.6. The zero-order valence-corrected chi connectivity index (χ0v) is 15.7. The molecule has 7 nitrogen and oxygen atoms in total. The number of imidazole rings is 1. The summed E-state index contributed by atoms with van der Waals surface area (Å²) in [5.41, 5.74) is 2.23. The molecule has 3 aromatic rings. The molecule has 142 valence electrons. The molecule has 27 heavy (non-hydrogen) atoms. The molecule has 0 fully saturated rings. The third-order valence-electron chi connectivity index (χ3n) is 4.47. The Labute approximate surface area is 157 Å². The molecule has 2 aromatic carbocycles. The number of carbonyl (C=O) groups excluding carboxylic acids is 1. The summed E-state index contributed by atoms with van der Waals surface area (Å²) in [5, 5.41) is 2.83. The van der Waals surface area contributed by atoms with Crippen molar-refractivity contribution in [2.45, 2.75) is 26.4 Å². The highest BCUT2D eigenvalue weighted by atomic mass is 16.5. The maximum Gasteiger partial charge on any atom is 0.329 e. The topological polar surface area (TPSA) is 74.5 Å². The van der Waals surface area contributed by atoms with Crippen molar-refractivity contribution < 1.29 is 14.3 Å². The van der Waals surface area contributed by atoms with Crippen LogP contribution >= 0.6 is 0 Å². The molecule has 1 heterocycles. The number of hydrogen-bond donors (Lipinski definition) is 1. The Morgan fingerprint density at radius 2 is 1.67 bits per heavy atom. The van der Waals surface area contributed by atoms with Crippen molar-refractivity contribution in [3.63, 3.8) is 0 Å². The van der Waals surface area contributed by atoms with Crippen LogP contribution in [-0.4, -0.2) is 29.3 Å². The van der Waals surface area contributed by atoms with Gasteiger partial charge in [-0.3, -0.25) is 13.9 Å². The van der Waals surface area contributed by atoms with Crippen LogP contribution in [0.2, 0.25) is 0 Å². The molecular weight excluding hydrogens is 346 g/mol. The number of aromatic nitrogens is 2. The molecule has 0 aliphatic rings. The Bertz CT molecular complexity index is 1020. The highest BCUT2D eigenvalue weighted by molar-refractivity contribution is 5.91. The lowest BCUT2D eigenvalue weighted by Crippen LogP contribution is -2.25. The van der Waals surface area contributed by atoms with Crippen LogP contribution in [0.5, 0.6) is 11.5 Å². The van der Waals surface area contributed by atoms with Crippen LogP contribution in [0.1, 0.15) is 13.3 Å². The molecule has 0 saturated carbocycles. The highest BCUT2D eigenvalue weighted by Crippen LogP contribution is 2.29. The van der Waals surface area contributed by atoms with Crippen molar-refractivity contribution in [3.05, 3.63) is 52.9 Å². The van der Waals surface area contributed by atoms with Crippen LogP contribution in [0.25, 0.3) is 11.0 Å². The first-order valence-electron chi connectivity index (χ1n) is 8.79. The van der Waals surface area contributed by atoms with Gasteiger partial charge < -0.3 is 14.8 Å². The molecule has 1 aromatic heterocycles. The smallest absolute Gasteiger partial charge is 0.329 e. The second-order valence-corrected chi connectivity index (χ2v) is 6.04. The summed E-state index contributed by atoms with van der Waals surface area (Å²) in [6.45, 7) is 2.83. The summed E-state index contributed by atoms with van der Waals surface area (Å²) >= 11 is 0. The SMILES string of the molecule is CCn1c(=O)n(CCC(=O)Nc2ccc(OC)c(OC)c2)c2ccccc21. The molecule has 0 bridgehead atoms. The number of nitrogens with zero attached hydrogens (tertiary/aromatic N) is 2. The van der Waals surface area contributed by atoms with Crippen molar-refractivity contribution in [2.24, 2.45) is 0 Å². The minimum atomic E-state index is -0.178. The van der Waals surface area contributed by atoms with E-state index in [2.05, 4.69) is 5.32 Å². The lowest BCUT2D eigenvalue weighted by Gasteiger charge is -2.10. The summed E-state index contributed by atoms with van der Waals surface area (Å²) in [7, 11) is 3.10. The highest BCUT2D eigenvalue weighted by Gasteiger charge is 2.13. The van der Waals surface area contributed by atoms with Crippen molar-refractivity contribution in [1.29, 1.82) is 0 Å². The van der Waals surface area contributed by atoms with E-state index in [-0.39, 0.29) is 18.0 Å². The monoisotopic (exact) mass is 369 g/mol. The van der Waals surface area contributed by atoms with E-state index in [0.717, 1.165) is 11.0 Å². The van der Waals surface area contributed by atoms with Gasteiger partial charge in [-0.25, -0.2) is 4.79 Å².